The van der Waals surface area contributed by atoms with Gasteiger partial charge in [-0.15, -0.1) is 10.2 Å². The van der Waals surface area contributed by atoms with Crippen LogP contribution in [0.2, 0.25) is 0 Å². The highest BCUT2D eigenvalue weighted by atomic mass is 19.4. The number of fused-ring (bicyclic) bond motifs is 1. The number of likely N-dealkylation sites (tertiary alicyclic amines) is 1. The third-order valence-corrected chi connectivity index (χ3v) is 9.86. The third-order valence-electron chi connectivity index (χ3n) is 9.86. The van der Waals surface area contributed by atoms with Gasteiger partial charge in [-0.25, -0.2) is 0 Å². The number of aryl methyl sites for hydroxylation is 1. The summed E-state index contributed by atoms with van der Waals surface area (Å²) in [6.45, 7) is 5.67. The first kappa shape index (κ1) is 32.7. The van der Waals surface area contributed by atoms with Gasteiger partial charge >= 0.3 is 6.18 Å². The van der Waals surface area contributed by atoms with Gasteiger partial charge in [0.1, 0.15) is 12.2 Å². The van der Waals surface area contributed by atoms with Crippen molar-refractivity contribution in [3.05, 3.63) is 76.4 Å². The zero-order valence-electron chi connectivity index (χ0n) is 27.0. The van der Waals surface area contributed by atoms with Crippen molar-refractivity contribution in [1.29, 1.82) is 0 Å². The molecule has 2 amide bonds. The number of anilines is 1. The number of ether oxygens (including phenoxy) is 1. The monoisotopic (exact) mass is 648 g/mol. The summed E-state index contributed by atoms with van der Waals surface area (Å²) < 4.78 is 50.6. The number of nitrogens with one attached hydrogen (secondary N) is 1. The summed E-state index contributed by atoms with van der Waals surface area (Å²) >= 11 is 0. The molecule has 1 saturated carbocycles. The number of hydrogen-bond acceptors (Lipinski definition) is 6. The van der Waals surface area contributed by atoms with E-state index in [1.807, 2.05) is 29.8 Å². The van der Waals surface area contributed by atoms with Gasteiger partial charge in [-0.1, -0.05) is 25.0 Å². The lowest BCUT2D eigenvalue weighted by Gasteiger charge is -2.46. The van der Waals surface area contributed by atoms with E-state index in [0.29, 0.717) is 43.4 Å². The highest BCUT2D eigenvalue weighted by Crippen LogP contribution is 2.52. The predicted molar refractivity (Wildman–Crippen MR) is 169 cm³/mol. The standard InChI is InChI=1S/C35H39F3N6O3/c1-5-7-31(45)43-17-24(25(18-43)20-47-4)16-39-15-23-10-28-29(30(11-23)35(36,37)38)19-44(32(28)46)27-9-6-8-26(12-27)34(13-22(2)14-34)33-41-40-21-42(33)3/h6,8-12,21-22,24-25,39H,13-20H2,1-4H3/t22?,24-,25-,34?/m0/s1. The van der Waals surface area contributed by atoms with Gasteiger partial charge in [-0.3, -0.25) is 9.59 Å². The number of carbonyl (C=O) groups is 2. The van der Waals surface area contributed by atoms with E-state index in [1.165, 1.54) is 4.90 Å². The van der Waals surface area contributed by atoms with Gasteiger partial charge in [-0.2, -0.15) is 13.2 Å². The average Bonchev–Trinajstić information content (AvgIpc) is 3.72. The quantitative estimate of drug-likeness (QED) is 0.343. The first-order valence-electron chi connectivity index (χ1n) is 15.9. The summed E-state index contributed by atoms with van der Waals surface area (Å²) in [7, 11) is 3.50. The summed E-state index contributed by atoms with van der Waals surface area (Å²) in [4.78, 5) is 29.3. The van der Waals surface area contributed by atoms with Crippen molar-refractivity contribution in [3.8, 4) is 11.8 Å². The molecule has 2 aliphatic heterocycles. The normalized spacial score (nSPS) is 23.8. The largest absolute Gasteiger partial charge is 0.416 e. The minimum Gasteiger partial charge on any atom is -0.384 e. The van der Waals surface area contributed by atoms with Crippen LogP contribution in [0.5, 0.6) is 0 Å². The van der Waals surface area contributed by atoms with Crippen LogP contribution in [0.15, 0.2) is 42.7 Å². The number of halogens is 3. The first-order valence-corrected chi connectivity index (χ1v) is 15.9. The molecule has 1 aliphatic carbocycles. The fraction of sp³-hybridized carbons (Fsp3) is 0.486. The molecule has 1 N–H and O–H groups in total. The third kappa shape index (κ3) is 6.14. The lowest BCUT2D eigenvalue weighted by Crippen LogP contribution is -2.43. The van der Waals surface area contributed by atoms with Gasteiger partial charge in [0.2, 0.25) is 0 Å². The summed E-state index contributed by atoms with van der Waals surface area (Å²) in [5.41, 5.74) is 0.770. The molecule has 0 spiro atoms. The maximum atomic E-state index is 14.4. The molecule has 0 bridgehead atoms. The lowest BCUT2D eigenvalue weighted by atomic mass is 9.58. The lowest BCUT2D eigenvalue weighted by molar-refractivity contribution is -0.138. The van der Waals surface area contributed by atoms with Crippen molar-refractivity contribution in [1.82, 2.24) is 25.0 Å². The number of carbonyl (C=O) groups excluding carboxylic acids is 2. The number of alkyl halides is 3. The molecule has 0 radical (unpaired) electrons. The molecular formula is C35H39F3N6O3. The smallest absolute Gasteiger partial charge is 0.384 e. The highest BCUT2D eigenvalue weighted by Gasteiger charge is 2.48. The molecule has 3 aliphatic rings. The van der Waals surface area contributed by atoms with E-state index in [0.717, 1.165) is 30.3 Å². The zero-order chi connectivity index (χ0) is 33.5. The Bertz CT molecular complexity index is 1740. The maximum Gasteiger partial charge on any atom is 0.416 e. The molecule has 6 rings (SSSR count). The average molecular weight is 649 g/mol. The predicted octanol–water partition coefficient (Wildman–Crippen LogP) is 4.54. The van der Waals surface area contributed by atoms with Crippen molar-refractivity contribution < 1.29 is 27.5 Å². The Labute approximate surface area is 272 Å². The van der Waals surface area contributed by atoms with Gasteiger partial charge in [0, 0.05) is 57.5 Å². The minimum atomic E-state index is -4.63. The van der Waals surface area contributed by atoms with E-state index < -0.39 is 17.6 Å². The second-order valence-corrected chi connectivity index (χ2v) is 13.2. The number of rotatable bonds is 9. The van der Waals surface area contributed by atoms with E-state index in [2.05, 4.69) is 34.3 Å². The van der Waals surface area contributed by atoms with Crippen molar-refractivity contribution in [2.45, 2.75) is 51.4 Å². The molecule has 2 atom stereocenters. The Balaban J connectivity index is 1.22. The highest BCUT2D eigenvalue weighted by molar-refractivity contribution is 6.10. The Morgan fingerprint density at radius 1 is 1.17 bits per heavy atom. The van der Waals surface area contributed by atoms with Crippen LogP contribution in [0.3, 0.4) is 0 Å². The second-order valence-electron chi connectivity index (χ2n) is 13.2. The Morgan fingerprint density at radius 3 is 2.60 bits per heavy atom. The van der Waals surface area contributed by atoms with Crippen LogP contribution in [0, 0.1) is 29.6 Å². The molecule has 12 heteroatoms. The van der Waals surface area contributed by atoms with Crippen LogP contribution in [0.25, 0.3) is 0 Å². The first-order chi connectivity index (χ1) is 22.4. The van der Waals surface area contributed by atoms with Crippen LogP contribution in [-0.4, -0.2) is 64.8 Å². The van der Waals surface area contributed by atoms with Gasteiger partial charge in [0.25, 0.3) is 11.8 Å². The minimum absolute atomic E-state index is 0.0147. The van der Waals surface area contributed by atoms with Crippen molar-refractivity contribution in [2.75, 3.05) is 38.3 Å². The Hall–Kier alpha value is -4.21. The number of amides is 2. The number of methoxy groups -OCH3 is 1. The molecule has 1 saturated heterocycles. The summed E-state index contributed by atoms with van der Waals surface area (Å²) in [5, 5.41) is 11.8. The molecule has 47 heavy (non-hydrogen) atoms. The van der Waals surface area contributed by atoms with Gasteiger partial charge in [0.05, 0.1) is 24.1 Å². The molecule has 2 aromatic carbocycles. The molecule has 9 nitrogen and oxygen atoms in total. The number of nitrogens with zero attached hydrogens (tertiary/aromatic N) is 5. The molecule has 2 fully saturated rings. The summed E-state index contributed by atoms with van der Waals surface area (Å²) in [6, 6.07) is 10.3. The Kier molecular flexibility index (Phi) is 8.89. The fourth-order valence-corrected chi connectivity index (χ4v) is 7.72. The second kappa shape index (κ2) is 12.8. The molecule has 3 heterocycles. The summed E-state index contributed by atoms with van der Waals surface area (Å²) in [6.07, 6.45) is -1.24. The van der Waals surface area contributed by atoms with Crippen LogP contribution < -0.4 is 10.2 Å². The van der Waals surface area contributed by atoms with Crippen LogP contribution >= 0.6 is 0 Å². The number of benzene rings is 2. The van der Waals surface area contributed by atoms with Crippen LogP contribution in [-0.2, 0) is 41.3 Å². The molecular weight excluding hydrogens is 609 g/mol. The van der Waals surface area contributed by atoms with Crippen molar-refractivity contribution in [2.24, 2.45) is 24.8 Å². The molecule has 1 aromatic heterocycles. The maximum absolute atomic E-state index is 14.4. The topological polar surface area (TPSA) is 92.6 Å². The van der Waals surface area contributed by atoms with E-state index >= 15 is 0 Å². The Morgan fingerprint density at radius 2 is 1.94 bits per heavy atom. The SMILES string of the molecule is CC#CC(=O)N1C[C@@H](COC)[C@@H](CNCc2cc3c(c(C(F)(F)F)c2)CN(c2cccc(C4(c5nncn5C)CC(C)C4)c2)C3=O)C1. The van der Waals surface area contributed by atoms with Crippen LogP contribution in [0.1, 0.15) is 65.1 Å². The number of aromatic nitrogens is 3. The zero-order valence-corrected chi connectivity index (χ0v) is 27.0. The molecule has 248 valence electrons. The van der Waals surface area contributed by atoms with Crippen molar-refractivity contribution in [3.63, 3.8) is 0 Å². The van der Waals surface area contributed by atoms with Gasteiger partial charge in [0.15, 0.2) is 0 Å². The fourth-order valence-electron chi connectivity index (χ4n) is 7.72. The summed E-state index contributed by atoms with van der Waals surface area (Å²) in [5.74, 6) is 5.93. The van der Waals surface area contributed by atoms with Crippen molar-refractivity contribution >= 4 is 17.5 Å². The number of hydrogen-bond donors (Lipinski definition) is 1. The van der Waals surface area contributed by atoms with E-state index in [4.69, 9.17) is 4.74 Å². The van der Waals surface area contributed by atoms with Crippen LogP contribution in [0.4, 0.5) is 18.9 Å². The molecule has 3 aromatic rings. The molecule has 0 unspecified atom stereocenters. The van der Waals surface area contributed by atoms with Gasteiger partial charge in [-0.05, 0) is 78.5 Å². The van der Waals surface area contributed by atoms with E-state index in [9.17, 15) is 22.8 Å². The van der Waals surface area contributed by atoms with Gasteiger partial charge < -0.3 is 24.4 Å². The van der Waals surface area contributed by atoms with E-state index in [1.54, 1.807) is 37.4 Å². The van der Waals surface area contributed by atoms with E-state index in [-0.39, 0.29) is 47.4 Å².